The van der Waals surface area contributed by atoms with E-state index in [0.29, 0.717) is 32.8 Å². The van der Waals surface area contributed by atoms with Gasteiger partial charge in [0.2, 0.25) is 5.91 Å². The van der Waals surface area contributed by atoms with Crippen molar-refractivity contribution in [2.24, 2.45) is 0 Å². The molecule has 6 nitrogen and oxygen atoms in total. The number of ether oxygens (including phenoxy) is 1. The monoisotopic (exact) mass is 307 g/mol. The number of nitrogens with zero attached hydrogens (tertiary/aromatic N) is 2. The van der Waals surface area contributed by atoms with E-state index in [0.717, 1.165) is 5.56 Å². The second kappa shape index (κ2) is 6.41. The van der Waals surface area contributed by atoms with Gasteiger partial charge in [0.15, 0.2) is 0 Å². The number of hydrogen-bond acceptors (Lipinski definition) is 4. The fourth-order valence-electron chi connectivity index (χ4n) is 2.71. The van der Waals surface area contributed by atoms with Crippen LogP contribution >= 0.6 is 0 Å². The summed E-state index contributed by atoms with van der Waals surface area (Å²) < 4.78 is 18.7. The SMILES string of the molecule is O=C(CN1CCOC(c2ccc(F)cc2)C1)N1CCNC1=O. The lowest BCUT2D eigenvalue weighted by molar-refractivity contribution is -0.130. The van der Waals surface area contributed by atoms with E-state index in [1.807, 2.05) is 4.90 Å². The summed E-state index contributed by atoms with van der Waals surface area (Å²) in [5, 5.41) is 2.62. The summed E-state index contributed by atoms with van der Waals surface area (Å²) in [5.74, 6) is -0.485. The largest absolute Gasteiger partial charge is 0.371 e. The molecule has 0 spiro atoms. The van der Waals surface area contributed by atoms with Crippen molar-refractivity contribution in [1.29, 1.82) is 0 Å². The third-order valence-corrected chi connectivity index (χ3v) is 3.91. The van der Waals surface area contributed by atoms with Crippen molar-refractivity contribution in [1.82, 2.24) is 15.1 Å². The standard InChI is InChI=1S/C15H18FN3O3/c16-12-3-1-11(2-4-12)13-9-18(7-8-22-13)10-14(20)19-6-5-17-15(19)21/h1-4,13H,5-10H2,(H,17,21). The number of halogens is 1. The van der Waals surface area contributed by atoms with Crippen molar-refractivity contribution in [3.05, 3.63) is 35.6 Å². The number of nitrogens with one attached hydrogen (secondary N) is 1. The summed E-state index contributed by atoms with van der Waals surface area (Å²) in [6.07, 6.45) is -0.186. The van der Waals surface area contributed by atoms with E-state index >= 15 is 0 Å². The van der Waals surface area contributed by atoms with Crippen LogP contribution in [0.2, 0.25) is 0 Å². The predicted octanol–water partition coefficient (Wildman–Crippen LogP) is 0.751. The molecule has 2 aliphatic rings. The van der Waals surface area contributed by atoms with Crippen LogP contribution in [0.4, 0.5) is 9.18 Å². The Bertz CT molecular complexity index is 564. The van der Waals surface area contributed by atoms with Gasteiger partial charge < -0.3 is 10.1 Å². The molecule has 0 aliphatic carbocycles. The molecule has 1 unspecified atom stereocenters. The molecule has 3 rings (SSSR count). The smallest absolute Gasteiger partial charge is 0.324 e. The normalized spacial score (nSPS) is 22.7. The highest BCUT2D eigenvalue weighted by Gasteiger charge is 2.29. The average molecular weight is 307 g/mol. The summed E-state index contributed by atoms with van der Waals surface area (Å²) in [6, 6.07) is 5.86. The molecule has 7 heteroatoms. The van der Waals surface area contributed by atoms with Crippen LogP contribution in [-0.2, 0) is 9.53 Å². The number of carbonyl (C=O) groups is 2. The Balaban J connectivity index is 1.59. The number of benzene rings is 1. The number of hydrogen-bond donors (Lipinski definition) is 1. The van der Waals surface area contributed by atoms with Crippen LogP contribution in [0.1, 0.15) is 11.7 Å². The molecule has 0 bridgehead atoms. The van der Waals surface area contributed by atoms with Crippen molar-refractivity contribution < 1.29 is 18.7 Å². The fourth-order valence-corrected chi connectivity index (χ4v) is 2.71. The highest BCUT2D eigenvalue weighted by molar-refractivity contribution is 5.96. The van der Waals surface area contributed by atoms with Crippen molar-refractivity contribution in [3.63, 3.8) is 0 Å². The van der Waals surface area contributed by atoms with Gasteiger partial charge in [-0.15, -0.1) is 0 Å². The highest BCUT2D eigenvalue weighted by Crippen LogP contribution is 2.22. The van der Waals surface area contributed by atoms with Gasteiger partial charge in [-0.1, -0.05) is 12.1 Å². The lowest BCUT2D eigenvalue weighted by Crippen LogP contribution is -2.46. The molecule has 2 heterocycles. The number of morpholine rings is 1. The third-order valence-electron chi connectivity index (χ3n) is 3.91. The van der Waals surface area contributed by atoms with Crippen molar-refractivity contribution in [3.8, 4) is 0 Å². The predicted molar refractivity (Wildman–Crippen MR) is 76.6 cm³/mol. The lowest BCUT2D eigenvalue weighted by atomic mass is 10.1. The zero-order valence-corrected chi connectivity index (χ0v) is 12.1. The average Bonchev–Trinajstić information content (AvgIpc) is 2.94. The molecule has 1 N–H and O–H groups in total. The minimum atomic E-state index is -0.326. The van der Waals surface area contributed by atoms with E-state index in [1.165, 1.54) is 17.0 Å². The first kappa shape index (κ1) is 14.9. The second-order valence-electron chi connectivity index (χ2n) is 5.42. The van der Waals surface area contributed by atoms with E-state index < -0.39 is 0 Å². The van der Waals surface area contributed by atoms with Gasteiger partial charge >= 0.3 is 6.03 Å². The molecule has 2 aliphatic heterocycles. The number of amides is 3. The minimum Gasteiger partial charge on any atom is -0.371 e. The molecule has 0 aromatic heterocycles. The van der Waals surface area contributed by atoms with Crippen LogP contribution in [0, 0.1) is 5.82 Å². The zero-order chi connectivity index (χ0) is 15.5. The van der Waals surface area contributed by atoms with Crippen LogP contribution in [0.15, 0.2) is 24.3 Å². The molecule has 2 saturated heterocycles. The first-order chi connectivity index (χ1) is 10.6. The van der Waals surface area contributed by atoms with E-state index in [-0.39, 0.29) is 30.4 Å². The zero-order valence-electron chi connectivity index (χ0n) is 12.1. The van der Waals surface area contributed by atoms with Gasteiger partial charge in [0.1, 0.15) is 5.82 Å². The maximum Gasteiger partial charge on any atom is 0.324 e. The first-order valence-corrected chi connectivity index (χ1v) is 7.31. The van der Waals surface area contributed by atoms with Crippen LogP contribution in [0.25, 0.3) is 0 Å². The number of rotatable bonds is 3. The lowest BCUT2D eigenvalue weighted by Gasteiger charge is -2.33. The van der Waals surface area contributed by atoms with E-state index in [9.17, 15) is 14.0 Å². The van der Waals surface area contributed by atoms with Gasteiger partial charge in [0.05, 0.1) is 19.3 Å². The molecule has 22 heavy (non-hydrogen) atoms. The van der Waals surface area contributed by atoms with E-state index in [1.54, 1.807) is 12.1 Å². The summed E-state index contributed by atoms with van der Waals surface area (Å²) in [5.41, 5.74) is 0.887. The van der Waals surface area contributed by atoms with Crippen LogP contribution in [0.3, 0.4) is 0 Å². The summed E-state index contributed by atoms with van der Waals surface area (Å²) in [7, 11) is 0. The topological polar surface area (TPSA) is 61.9 Å². The molecule has 1 atom stereocenters. The van der Waals surface area contributed by atoms with E-state index in [2.05, 4.69) is 5.32 Å². The number of carbonyl (C=O) groups excluding carboxylic acids is 2. The van der Waals surface area contributed by atoms with Gasteiger partial charge in [-0.25, -0.2) is 9.18 Å². The second-order valence-corrected chi connectivity index (χ2v) is 5.42. The van der Waals surface area contributed by atoms with Crippen molar-refractivity contribution in [2.45, 2.75) is 6.10 Å². The Kier molecular flexibility index (Phi) is 4.35. The van der Waals surface area contributed by atoms with Gasteiger partial charge in [-0.2, -0.15) is 0 Å². The maximum atomic E-state index is 13.0. The van der Waals surface area contributed by atoms with Crippen LogP contribution < -0.4 is 5.32 Å². The molecule has 3 amide bonds. The fraction of sp³-hybridized carbons (Fsp3) is 0.467. The Labute approximate surface area is 127 Å². The molecule has 1 aromatic rings. The summed E-state index contributed by atoms with van der Waals surface area (Å²) in [6.45, 7) is 2.80. The molecule has 1 aromatic carbocycles. The van der Waals surface area contributed by atoms with E-state index in [4.69, 9.17) is 4.74 Å². The highest BCUT2D eigenvalue weighted by atomic mass is 19.1. The Morgan fingerprint density at radius 1 is 1.32 bits per heavy atom. The summed E-state index contributed by atoms with van der Waals surface area (Å²) >= 11 is 0. The molecular weight excluding hydrogens is 289 g/mol. The Morgan fingerprint density at radius 3 is 2.77 bits per heavy atom. The Hall–Kier alpha value is -1.99. The van der Waals surface area contributed by atoms with Crippen molar-refractivity contribution >= 4 is 11.9 Å². The number of urea groups is 1. The quantitative estimate of drug-likeness (QED) is 0.895. The third kappa shape index (κ3) is 3.26. The van der Waals surface area contributed by atoms with Gasteiger partial charge in [-0.05, 0) is 17.7 Å². The number of imide groups is 1. The molecule has 0 saturated carbocycles. The summed E-state index contributed by atoms with van der Waals surface area (Å²) in [4.78, 5) is 26.8. The maximum absolute atomic E-state index is 13.0. The molecule has 118 valence electrons. The first-order valence-electron chi connectivity index (χ1n) is 7.31. The van der Waals surface area contributed by atoms with Gasteiger partial charge in [0, 0.05) is 26.2 Å². The van der Waals surface area contributed by atoms with Crippen LogP contribution in [-0.4, -0.2) is 61.1 Å². The van der Waals surface area contributed by atoms with Gasteiger partial charge in [-0.3, -0.25) is 14.6 Å². The van der Waals surface area contributed by atoms with Crippen LogP contribution in [0.5, 0.6) is 0 Å². The molecular formula is C15H18FN3O3. The molecule has 0 radical (unpaired) electrons. The Morgan fingerprint density at radius 2 is 2.09 bits per heavy atom. The minimum absolute atomic E-state index is 0.186. The molecule has 2 fully saturated rings. The van der Waals surface area contributed by atoms with Gasteiger partial charge in [0.25, 0.3) is 0 Å². The van der Waals surface area contributed by atoms with Crippen molar-refractivity contribution in [2.75, 3.05) is 39.3 Å².